The zero-order valence-electron chi connectivity index (χ0n) is 25.6. The number of rotatable bonds is 8. The van der Waals surface area contributed by atoms with Crippen molar-refractivity contribution in [2.45, 2.75) is 0 Å². The van der Waals surface area contributed by atoms with E-state index in [9.17, 15) is 14.4 Å². The molecule has 9 heteroatoms. The van der Waals surface area contributed by atoms with Gasteiger partial charge in [0.1, 0.15) is 0 Å². The summed E-state index contributed by atoms with van der Waals surface area (Å²) in [4.78, 5) is 45.9. The van der Waals surface area contributed by atoms with E-state index in [4.69, 9.17) is 0 Å². The van der Waals surface area contributed by atoms with Gasteiger partial charge < -0.3 is 30.7 Å². The Hall–Kier alpha value is -5.41. The molecular formula is C36H36N6O3. The molecule has 2 amide bonds. The predicted molar refractivity (Wildman–Crippen MR) is 181 cm³/mol. The van der Waals surface area contributed by atoms with E-state index < -0.39 is 0 Å². The number of para-hydroxylation sites is 1. The fraction of sp³-hybridized carbons (Fsp3) is 0.194. The molecular weight excluding hydrogens is 564 g/mol. The summed E-state index contributed by atoms with van der Waals surface area (Å²) in [5.41, 5.74) is 6.57. The number of carbonyl (C=O) groups is 3. The van der Waals surface area contributed by atoms with Crippen LogP contribution < -0.4 is 25.8 Å². The Labute approximate surface area is 263 Å². The summed E-state index contributed by atoms with van der Waals surface area (Å²) in [6.45, 7) is 4.10. The molecule has 0 spiro atoms. The first kappa shape index (κ1) is 29.7. The highest BCUT2D eigenvalue weighted by atomic mass is 16.2. The Morgan fingerprint density at radius 1 is 0.822 bits per heavy atom. The molecule has 0 bridgehead atoms. The van der Waals surface area contributed by atoms with E-state index in [0.29, 0.717) is 33.6 Å². The molecule has 6 rings (SSSR count). The first-order chi connectivity index (χ1) is 21.8. The fourth-order valence-electron chi connectivity index (χ4n) is 5.63. The van der Waals surface area contributed by atoms with E-state index in [0.717, 1.165) is 43.1 Å². The number of piperazine rings is 1. The van der Waals surface area contributed by atoms with Crippen molar-refractivity contribution in [3.05, 3.63) is 119 Å². The van der Waals surface area contributed by atoms with Crippen LogP contribution in [0.1, 0.15) is 31.8 Å². The Morgan fingerprint density at radius 2 is 1.56 bits per heavy atom. The zero-order valence-corrected chi connectivity index (χ0v) is 25.6. The van der Waals surface area contributed by atoms with E-state index in [2.05, 4.69) is 44.9 Å². The molecule has 2 aliphatic heterocycles. The van der Waals surface area contributed by atoms with Crippen molar-refractivity contribution in [2.24, 2.45) is 0 Å². The second-order valence-corrected chi connectivity index (χ2v) is 11.5. The summed E-state index contributed by atoms with van der Waals surface area (Å²) >= 11 is 0. The monoisotopic (exact) mass is 600 g/mol. The van der Waals surface area contributed by atoms with Crippen LogP contribution in [0.5, 0.6) is 0 Å². The van der Waals surface area contributed by atoms with Crippen LogP contribution in [-0.4, -0.2) is 69.8 Å². The summed E-state index contributed by atoms with van der Waals surface area (Å²) in [5, 5.41) is 9.04. The SMILES string of the molecule is CN1CCN(c2ccc(NC=C3C(=O)Nc4cc(C(=O)c5cccc(NC(=O)c6ccccc6N(C)C)c5)ccc43)cc2)CC1. The van der Waals surface area contributed by atoms with Gasteiger partial charge >= 0.3 is 0 Å². The number of anilines is 5. The predicted octanol–water partition coefficient (Wildman–Crippen LogP) is 5.39. The number of nitrogens with zero attached hydrogens (tertiary/aromatic N) is 3. The number of benzene rings is 4. The van der Waals surface area contributed by atoms with Gasteiger partial charge in [0.2, 0.25) is 0 Å². The van der Waals surface area contributed by atoms with E-state index in [1.165, 1.54) is 5.69 Å². The number of nitrogens with one attached hydrogen (secondary N) is 3. The molecule has 2 aliphatic rings. The van der Waals surface area contributed by atoms with Gasteiger partial charge in [-0.05, 0) is 61.6 Å². The maximum atomic E-state index is 13.5. The first-order valence-corrected chi connectivity index (χ1v) is 15.0. The third-order valence-electron chi connectivity index (χ3n) is 8.20. The van der Waals surface area contributed by atoms with Crippen LogP contribution in [0.25, 0.3) is 5.57 Å². The van der Waals surface area contributed by atoms with Crippen molar-refractivity contribution in [3.63, 3.8) is 0 Å². The Balaban J connectivity index is 1.14. The van der Waals surface area contributed by atoms with Gasteiger partial charge in [0, 0.05) is 91.6 Å². The lowest BCUT2D eigenvalue weighted by Gasteiger charge is -2.34. The van der Waals surface area contributed by atoms with E-state index >= 15 is 0 Å². The average Bonchev–Trinajstić information content (AvgIpc) is 3.37. The number of hydrogen-bond acceptors (Lipinski definition) is 7. The van der Waals surface area contributed by atoms with Gasteiger partial charge in [0.25, 0.3) is 11.8 Å². The second kappa shape index (κ2) is 12.7. The summed E-state index contributed by atoms with van der Waals surface area (Å²) in [7, 11) is 5.91. The van der Waals surface area contributed by atoms with Crippen molar-refractivity contribution >= 4 is 51.6 Å². The van der Waals surface area contributed by atoms with Crippen LogP contribution in [-0.2, 0) is 4.79 Å². The molecule has 45 heavy (non-hydrogen) atoms. The quantitative estimate of drug-likeness (QED) is 0.184. The standard InChI is InChI=1S/C36H36N6O3/c1-40(2)33-10-5-4-9-30(33)35(44)38-27-8-6-7-24(21-27)34(43)25-11-16-29-31(36(45)39-32(29)22-25)23-37-26-12-14-28(15-13-26)42-19-17-41(3)18-20-42/h4-16,21-23,37H,17-20H2,1-3H3,(H,38,44)(H,39,45). The lowest BCUT2D eigenvalue weighted by atomic mass is 9.99. The molecule has 1 fully saturated rings. The Morgan fingerprint density at radius 3 is 2.31 bits per heavy atom. The lowest BCUT2D eigenvalue weighted by Crippen LogP contribution is -2.44. The lowest BCUT2D eigenvalue weighted by molar-refractivity contribution is -0.110. The number of likely N-dealkylation sites (N-methyl/N-ethyl adjacent to an activating group) is 1. The minimum atomic E-state index is -0.261. The van der Waals surface area contributed by atoms with Crippen molar-refractivity contribution in [1.82, 2.24) is 4.90 Å². The minimum Gasteiger partial charge on any atom is -0.377 e. The molecule has 0 unspecified atom stereocenters. The minimum absolute atomic E-state index is 0.215. The van der Waals surface area contributed by atoms with E-state index in [-0.39, 0.29) is 17.6 Å². The van der Waals surface area contributed by atoms with Crippen molar-refractivity contribution in [3.8, 4) is 0 Å². The van der Waals surface area contributed by atoms with Gasteiger partial charge in [-0.2, -0.15) is 0 Å². The van der Waals surface area contributed by atoms with Crippen LogP contribution in [0.2, 0.25) is 0 Å². The molecule has 3 N–H and O–H groups in total. The van der Waals surface area contributed by atoms with Gasteiger partial charge in [-0.15, -0.1) is 0 Å². The van der Waals surface area contributed by atoms with Gasteiger partial charge in [-0.1, -0.05) is 36.4 Å². The van der Waals surface area contributed by atoms with Crippen LogP contribution in [0.15, 0.2) is 97.2 Å². The molecule has 0 radical (unpaired) electrons. The molecule has 1 saturated heterocycles. The Kier molecular flexibility index (Phi) is 8.35. The number of ketones is 1. The molecule has 0 saturated carbocycles. The molecule has 0 atom stereocenters. The van der Waals surface area contributed by atoms with Gasteiger partial charge in [0.05, 0.1) is 11.1 Å². The van der Waals surface area contributed by atoms with Crippen LogP contribution in [0, 0.1) is 0 Å². The van der Waals surface area contributed by atoms with Crippen LogP contribution in [0.3, 0.4) is 0 Å². The average molecular weight is 601 g/mol. The topological polar surface area (TPSA) is 97.0 Å². The highest BCUT2D eigenvalue weighted by molar-refractivity contribution is 6.32. The Bertz CT molecular complexity index is 1790. The van der Waals surface area contributed by atoms with Crippen molar-refractivity contribution in [1.29, 1.82) is 0 Å². The van der Waals surface area contributed by atoms with Crippen molar-refractivity contribution in [2.75, 3.05) is 73.1 Å². The molecule has 9 nitrogen and oxygen atoms in total. The van der Waals surface area contributed by atoms with E-state index in [1.54, 1.807) is 54.7 Å². The molecule has 0 aliphatic carbocycles. The number of fused-ring (bicyclic) bond motifs is 1. The molecule has 228 valence electrons. The molecule has 0 aromatic heterocycles. The van der Waals surface area contributed by atoms with E-state index in [1.807, 2.05) is 49.3 Å². The molecule has 2 heterocycles. The smallest absolute Gasteiger partial charge is 0.257 e. The maximum absolute atomic E-state index is 13.5. The van der Waals surface area contributed by atoms with Gasteiger partial charge in [0.15, 0.2) is 5.78 Å². The van der Waals surface area contributed by atoms with Crippen LogP contribution >= 0.6 is 0 Å². The van der Waals surface area contributed by atoms with Crippen molar-refractivity contribution < 1.29 is 14.4 Å². The van der Waals surface area contributed by atoms with Gasteiger partial charge in [-0.25, -0.2) is 0 Å². The van der Waals surface area contributed by atoms with Gasteiger partial charge in [-0.3, -0.25) is 14.4 Å². The number of amides is 2. The summed E-state index contributed by atoms with van der Waals surface area (Å²) in [6.07, 6.45) is 1.70. The summed E-state index contributed by atoms with van der Waals surface area (Å²) < 4.78 is 0. The highest BCUT2D eigenvalue weighted by Gasteiger charge is 2.26. The highest BCUT2D eigenvalue weighted by Crippen LogP contribution is 2.33. The first-order valence-electron chi connectivity index (χ1n) is 15.0. The number of carbonyl (C=O) groups excluding carboxylic acids is 3. The third kappa shape index (κ3) is 6.44. The molecule has 4 aromatic carbocycles. The largest absolute Gasteiger partial charge is 0.377 e. The molecule has 4 aromatic rings. The summed E-state index contributed by atoms with van der Waals surface area (Å²) in [6, 6.07) is 27.6. The third-order valence-corrected chi connectivity index (χ3v) is 8.20. The summed E-state index contributed by atoms with van der Waals surface area (Å²) in [5.74, 6) is -0.713. The normalized spacial score (nSPS) is 15.4. The second-order valence-electron chi connectivity index (χ2n) is 11.5. The number of hydrogen-bond donors (Lipinski definition) is 3. The zero-order chi connectivity index (χ0) is 31.5. The van der Waals surface area contributed by atoms with Crippen LogP contribution in [0.4, 0.5) is 28.4 Å². The maximum Gasteiger partial charge on any atom is 0.257 e. The fourth-order valence-corrected chi connectivity index (χ4v) is 5.63.